The van der Waals surface area contributed by atoms with Gasteiger partial charge in [0.05, 0.1) is 16.7 Å². The molecule has 0 saturated carbocycles. The van der Waals surface area contributed by atoms with E-state index in [0.29, 0.717) is 27.8 Å². The van der Waals surface area contributed by atoms with Crippen molar-refractivity contribution in [2.24, 2.45) is 0 Å². The summed E-state index contributed by atoms with van der Waals surface area (Å²) in [7, 11) is 0. The molecule has 0 saturated heterocycles. The van der Waals surface area contributed by atoms with Crippen molar-refractivity contribution in [1.82, 2.24) is 19.9 Å². The number of rotatable bonds is 2. The van der Waals surface area contributed by atoms with Crippen molar-refractivity contribution in [3.05, 3.63) is 65.2 Å². The number of fused-ring (bicyclic) bond motifs is 2. The van der Waals surface area contributed by atoms with E-state index in [1.165, 1.54) is 0 Å². The topological polar surface area (TPSA) is 80.7 Å². The van der Waals surface area contributed by atoms with Gasteiger partial charge in [0.2, 0.25) is 0 Å². The Balaban J connectivity index is 1.74. The van der Waals surface area contributed by atoms with Crippen LogP contribution in [0.15, 0.2) is 59.6 Å². The average molecular weight is 380 g/mol. The van der Waals surface area contributed by atoms with E-state index < -0.39 is 0 Å². The highest BCUT2D eigenvalue weighted by Crippen LogP contribution is 2.24. The Morgan fingerprint density at radius 3 is 2.58 bits per heavy atom. The molecule has 0 aliphatic carbocycles. The van der Waals surface area contributed by atoms with Crippen LogP contribution in [0.3, 0.4) is 0 Å². The van der Waals surface area contributed by atoms with Gasteiger partial charge in [-0.1, -0.05) is 0 Å². The van der Waals surface area contributed by atoms with E-state index in [1.807, 2.05) is 6.07 Å². The second-order valence-corrected chi connectivity index (χ2v) is 5.92. The van der Waals surface area contributed by atoms with Gasteiger partial charge in [0.1, 0.15) is 11.0 Å². The van der Waals surface area contributed by atoms with Gasteiger partial charge in [-0.25, -0.2) is 0 Å². The largest absolute Gasteiger partial charge is 0.320 e. The van der Waals surface area contributed by atoms with Gasteiger partial charge >= 0.3 is 0 Å². The number of halogens is 1. The molecule has 0 atom stereocenters. The van der Waals surface area contributed by atoms with Crippen LogP contribution in [0.25, 0.3) is 22.1 Å². The van der Waals surface area contributed by atoms with Crippen molar-refractivity contribution in [3.8, 4) is 0 Å². The van der Waals surface area contributed by atoms with Crippen LogP contribution in [0.5, 0.6) is 0 Å². The van der Waals surface area contributed by atoms with Crippen molar-refractivity contribution in [3.63, 3.8) is 0 Å². The summed E-state index contributed by atoms with van der Waals surface area (Å²) in [6.45, 7) is 0. The quantitative estimate of drug-likeness (QED) is 0.575. The smallest absolute Gasteiger partial charge is 0.255 e. The summed E-state index contributed by atoms with van der Waals surface area (Å²) in [5.74, 6) is -0.249. The van der Waals surface area contributed by atoms with Crippen molar-refractivity contribution in [1.29, 1.82) is 0 Å². The van der Waals surface area contributed by atoms with Crippen LogP contribution in [-0.4, -0.2) is 25.8 Å². The van der Waals surface area contributed by atoms with E-state index >= 15 is 0 Å². The predicted octanol–water partition coefficient (Wildman–Crippen LogP) is 3.59. The number of hydrogen-bond donors (Lipinski definition) is 1. The number of nitrogens with one attached hydrogen (secondary N) is 1. The zero-order valence-electron chi connectivity index (χ0n) is 12.3. The third-order valence-corrected chi connectivity index (χ3v) is 4.14. The SMILES string of the molecule is O=C(Nc1ccnc2cccnc12)c1cc(Br)c2nccnc2c1. The van der Waals surface area contributed by atoms with Gasteiger partial charge in [-0.05, 0) is 46.3 Å². The van der Waals surface area contributed by atoms with Gasteiger partial charge in [-0.3, -0.25) is 24.7 Å². The Hall–Kier alpha value is -2.93. The summed E-state index contributed by atoms with van der Waals surface area (Å²) in [4.78, 5) is 29.6. The Bertz CT molecular complexity index is 1080. The normalized spacial score (nSPS) is 10.9. The van der Waals surface area contributed by atoms with E-state index in [-0.39, 0.29) is 5.91 Å². The van der Waals surface area contributed by atoms with Crippen molar-refractivity contribution in [2.45, 2.75) is 0 Å². The lowest BCUT2D eigenvalue weighted by Gasteiger charge is -2.08. The number of aromatic nitrogens is 4. The predicted molar refractivity (Wildman–Crippen MR) is 94.7 cm³/mol. The molecule has 0 radical (unpaired) electrons. The van der Waals surface area contributed by atoms with E-state index in [9.17, 15) is 4.79 Å². The molecule has 3 aromatic heterocycles. The molecule has 116 valence electrons. The van der Waals surface area contributed by atoms with Crippen molar-refractivity contribution in [2.75, 3.05) is 5.32 Å². The van der Waals surface area contributed by atoms with E-state index in [1.54, 1.807) is 49.1 Å². The molecule has 4 aromatic rings. The van der Waals surface area contributed by atoms with Crippen LogP contribution in [-0.2, 0) is 0 Å². The number of pyridine rings is 2. The third kappa shape index (κ3) is 2.59. The lowest BCUT2D eigenvalue weighted by atomic mass is 10.1. The Kier molecular flexibility index (Phi) is 3.62. The summed E-state index contributed by atoms with van der Waals surface area (Å²) < 4.78 is 0.718. The van der Waals surface area contributed by atoms with Crippen LogP contribution >= 0.6 is 15.9 Å². The number of carbonyl (C=O) groups excluding carboxylic acids is 1. The molecule has 1 aromatic carbocycles. The minimum absolute atomic E-state index is 0.249. The molecule has 0 aliphatic rings. The molecule has 4 rings (SSSR count). The zero-order valence-corrected chi connectivity index (χ0v) is 13.9. The standard InChI is InChI=1S/C17H10BrN5O/c18-11-8-10(9-14-15(11)22-7-6-20-14)17(24)23-13-3-5-19-12-2-1-4-21-16(12)13/h1-9H,(H,19,23,24). The second kappa shape index (κ2) is 5.93. The molecule has 3 heterocycles. The minimum Gasteiger partial charge on any atom is -0.320 e. The lowest BCUT2D eigenvalue weighted by Crippen LogP contribution is -2.13. The third-order valence-electron chi connectivity index (χ3n) is 3.53. The lowest BCUT2D eigenvalue weighted by molar-refractivity contribution is 0.102. The Labute approximate surface area is 145 Å². The van der Waals surface area contributed by atoms with Gasteiger partial charge in [-0.2, -0.15) is 0 Å². The molecule has 0 aliphatic heterocycles. The molecule has 0 unspecified atom stereocenters. The van der Waals surface area contributed by atoms with Gasteiger partial charge in [0, 0.05) is 34.8 Å². The Morgan fingerprint density at radius 1 is 0.875 bits per heavy atom. The highest BCUT2D eigenvalue weighted by molar-refractivity contribution is 9.10. The van der Waals surface area contributed by atoms with Gasteiger partial charge in [0.15, 0.2) is 0 Å². The van der Waals surface area contributed by atoms with Crippen LogP contribution in [0.1, 0.15) is 10.4 Å². The first-order valence-corrected chi connectivity index (χ1v) is 7.93. The van der Waals surface area contributed by atoms with Crippen molar-refractivity contribution >= 4 is 49.6 Å². The summed E-state index contributed by atoms with van der Waals surface area (Å²) in [6.07, 6.45) is 6.52. The molecule has 7 heteroatoms. The fraction of sp³-hybridized carbons (Fsp3) is 0. The summed E-state index contributed by atoms with van der Waals surface area (Å²) in [5, 5.41) is 2.88. The van der Waals surface area contributed by atoms with Gasteiger partial charge < -0.3 is 5.32 Å². The summed E-state index contributed by atoms with van der Waals surface area (Å²) in [6, 6.07) is 8.81. The van der Waals surface area contributed by atoms with E-state index in [0.717, 1.165) is 9.99 Å². The molecule has 24 heavy (non-hydrogen) atoms. The molecule has 0 fully saturated rings. The molecule has 1 amide bonds. The fourth-order valence-corrected chi connectivity index (χ4v) is 2.99. The summed E-state index contributed by atoms with van der Waals surface area (Å²) >= 11 is 3.44. The highest BCUT2D eigenvalue weighted by Gasteiger charge is 2.12. The molecule has 6 nitrogen and oxygen atoms in total. The number of nitrogens with zero attached hydrogens (tertiary/aromatic N) is 4. The first-order valence-electron chi connectivity index (χ1n) is 7.14. The fourth-order valence-electron chi connectivity index (χ4n) is 2.44. The number of amides is 1. The Morgan fingerprint density at radius 2 is 1.67 bits per heavy atom. The average Bonchev–Trinajstić information content (AvgIpc) is 2.62. The number of benzene rings is 1. The van der Waals surface area contributed by atoms with Gasteiger partial charge in [0.25, 0.3) is 5.91 Å². The van der Waals surface area contributed by atoms with Crippen molar-refractivity contribution < 1.29 is 4.79 Å². The molecular weight excluding hydrogens is 370 g/mol. The van der Waals surface area contributed by atoms with E-state index in [4.69, 9.17) is 0 Å². The summed E-state index contributed by atoms with van der Waals surface area (Å²) in [5.41, 5.74) is 3.82. The molecule has 0 spiro atoms. The maximum Gasteiger partial charge on any atom is 0.255 e. The van der Waals surface area contributed by atoms with E-state index in [2.05, 4.69) is 41.2 Å². The molecule has 1 N–H and O–H groups in total. The van der Waals surface area contributed by atoms with Crippen LogP contribution in [0.2, 0.25) is 0 Å². The van der Waals surface area contributed by atoms with Crippen LogP contribution < -0.4 is 5.32 Å². The minimum atomic E-state index is -0.249. The molecular formula is C17H10BrN5O. The first kappa shape index (κ1) is 14.6. The number of hydrogen-bond acceptors (Lipinski definition) is 5. The number of anilines is 1. The maximum absolute atomic E-state index is 12.6. The second-order valence-electron chi connectivity index (χ2n) is 5.07. The highest BCUT2D eigenvalue weighted by atomic mass is 79.9. The maximum atomic E-state index is 12.6. The molecule has 0 bridgehead atoms. The van der Waals surface area contributed by atoms with Crippen LogP contribution in [0.4, 0.5) is 5.69 Å². The van der Waals surface area contributed by atoms with Gasteiger partial charge in [-0.15, -0.1) is 0 Å². The zero-order chi connectivity index (χ0) is 16.5. The monoisotopic (exact) mass is 379 g/mol. The number of carbonyl (C=O) groups is 1. The van der Waals surface area contributed by atoms with Crippen LogP contribution in [0, 0.1) is 0 Å². The first-order chi connectivity index (χ1) is 11.7.